The lowest BCUT2D eigenvalue weighted by atomic mass is 10.4. The number of aliphatic carboxylic acids is 1. The molecule has 6 heterocycles. The average molecular weight is 730 g/mol. The molecule has 0 aromatic carbocycles. The second kappa shape index (κ2) is 21.3. The SMILES string of the molecule is C.CC(=O)O.COC(C)=O.COC(C)=O.Cc1nc(C)n2ccnc(Cl)c12.Cc1nc(C)n2ccnc(N)c12.Cc1nc(C)n2ccnc(N)c12. The Kier molecular flexibility index (Phi) is 18.9. The molecule has 6 rings (SSSR count). The number of rotatable bonds is 0. The van der Waals surface area contributed by atoms with E-state index in [9.17, 15) is 9.59 Å². The molecular formula is C33H48ClN11O6. The maximum absolute atomic E-state index is 9.59. The number of nitrogens with zero attached hydrogens (tertiary/aromatic N) is 9. The number of esters is 2. The minimum absolute atomic E-state index is 0. The number of ether oxygens (including phenoxy) is 2. The van der Waals surface area contributed by atoms with Crippen LogP contribution >= 0.6 is 11.6 Å². The number of aryl methyl sites for hydroxylation is 6. The second-order valence-corrected chi connectivity index (χ2v) is 10.5. The number of carbonyl (C=O) groups excluding carboxylic acids is 2. The van der Waals surface area contributed by atoms with Crippen molar-refractivity contribution in [2.24, 2.45) is 0 Å². The maximum atomic E-state index is 9.59. The molecule has 278 valence electrons. The Labute approximate surface area is 301 Å². The first kappa shape index (κ1) is 45.2. The third kappa shape index (κ3) is 13.5. The van der Waals surface area contributed by atoms with Crippen molar-refractivity contribution in [1.29, 1.82) is 0 Å². The lowest BCUT2D eigenvalue weighted by Crippen LogP contribution is -1.95. The van der Waals surface area contributed by atoms with E-state index in [-0.39, 0.29) is 19.4 Å². The summed E-state index contributed by atoms with van der Waals surface area (Å²) < 4.78 is 14.0. The van der Waals surface area contributed by atoms with Crippen LogP contribution in [0.3, 0.4) is 0 Å². The Morgan fingerprint density at radius 1 is 0.627 bits per heavy atom. The van der Waals surface area contributed by atoms with E-state index >= 15 is 0 Å². The zero-order valence-electron chi connectivity index (χ0n) is 30.0. The lowest BCUT2D eigenvalue weighted by molar-refractivity contribution is -0.138. The predicted molar refractivity (Wildman–Crippen MR) is 197 cm³/mol. The number of fused-ring (bicyclic) bond motifs is 3. The van der Waals surface area contributed by atoms with Crippen molar-refractivity contribution in [2.75, 3.05) is 25.7 Å². The number of nitrogen functional groups attached to an aromatic ring is 2. The molecule has 0 aliphatic heterocycles. The van der Waals surface area contributed by atoms with E-state index in [0.29, 0.717) is 16.8 Å². The molecule has 0 saturated carbocycles. The van der Waals surface area contributed by atoms with Gasteiger partial charge in [0, 0.05) is 58.0 Å². The van der Waals surface area contributed by atoms with Gasteiger partial charge < -0.3 is 26.0 Å². The standard InChI is InChI=1S/C8H8ClN3.2C8H10N4.2C3H6O2.C2H4O2.CH4/c3*1-5-7-8(9)10-3-4-12(7)6(2)11-5;2*1-3(4)5-2;1-2(3)4;/h3-4H,1-2H3;2*3-4H,1-2H3,(H2,9,10);2*1-2H3;1H3,(H,3,4);1H4. The monoisotopic (exact) mass is 729 g/mol. The number of aromatic nitrogens is 9. The fourth-order valence-corrected chi connectivity index (χ4v) is 4.46. The minimum atomic E-state index is -0.833. The van der Waals surface area contributed by atoms with Crippen LogP contribution in [-0.2, 0) is 23.9 Å². The molecule has 5 N–H and O–H groups in total. The highest BCUT2D eigenvalue weighted by Crippen LogP contribution is 2.19. The Balaban J connectivity index is 0.000000619. The summed E-state index contributed by atoms with van der Waals surface area (Å²) in [7, 11) is 2.70. The maximum Gasteiger partial charge on any atom is 0.302 e. The summed E-state index contributed by atoms with van der Waals surface area (Å²) in [6.45, 7) is 15.4. The van der Waals surface area contributed by atoms with Crippen molar-refractivity contribution < 1.29 is 29.0 Å². The zero-order valence-corrected chi connectivity index (χ0v) is 30.8. The van der Waals surface area contributed by atoms with Crippen LogP contribution in [0.15, 0.2) is 37.2 Å². The Morgan fingerprint density at radius 2 is 0.882 bits per heavy atom. The summed E-state index contributed by atoms with van der Waals surface area (Å²) in [4.78, 5) is 53.0. The van der Waals surface area contributed by atoms with Gasteiger partial charge in [-0.05, 0) is 41.5 Å². The number of carboxylic acid groups (broad SMARTS) is 1. The smallest absolute Gasteiger partial charge is 0.302 e. The van der Waals surface area contributed by atoms with Gasteiger partial charge in [-0.1, -0.05) is 19.0 Å². The topological polar surface area (TPSA) is 233 Å². The van der Waals surface area contributed by atoms with Crippen molar-refractivity contribution in [3.8, 4) is 0 Å². The Morgan fingerprint density at radius 3 is 1.14 bits per heavy atom. The van der Waals surface area contributed by atoms with Gasteiger partial charge in [-0.2, -0.15) is 0 Å². The molecule has 0 aliphatic carbocycles. The molecule has 0 radical (unpaired) electrons. The molecular weight excluding hydrogens is 682 g/mol. The number of carboxylic acids is 1. The highest BCUT2D eigenvalue weighted by Gasteiger charge is 2.08. The number of halogens is 1. The number of carbonyl (C=O) groups is 3. The molecule has 0 unspecified atom stereocenters. The van der Waals surface area contributed by atoms with Gasteiger partial charge in [0.15, 0.2) is 5.15 Å². The van der Waals surface area contributed by atoms with Crippen molar-refractivity contribution in [1.82, 2.24) is 43.1 Å². The first-order valence-electron chi connectivity index (χ1n) is 14.7. The van der Waals surface area contributed by atoms with Crippen LogP contribution < -0.4 is 11.5 Å². The molecule has 0 fully saturated rings. The molecule has 6 aromatic heterocycles. The third-order valence-corrected chi connectivity index (χ3v) is 6.58. The quantitative estimate of drug-likeness (QED) is 0.176. The molecule has 0 atom stereocenters. The number of imidazole rings is 3. The van der Waals surface area contributed by atoms with Crippen LogP contribution in [0.2, 0.25) is 5.15 Å². The molecule has 0 aliphatic rings. The molecule has 6 aromatic rings. The number of hydrogen-bond donors (Lipinski definition) is 3. The summed E-state index contributed by atoms with van der Waals surface area (Å²) in [6.07, 6.45) is 10.6. The van der Waals surface area contributed by atoms with E-state index in [1.54, 1.807) is 18.6 Å². The summed E-state index contributed by atoms with van der Waals surface area (Å²) in [6, 6.07) is 0. The average Bonchev–Trinajstić information content (AvgIpc) is 3.63. The van der Waals surface area contributed by atoms with Gasteiger partial charge in [-0.3, -0.25) is 27.6 Å². The predicted octanol–water partition coefficient (Wildman–Crippen LogP) is 4.94. The largest absolute Gasteiger partial charge is 0.481 e. The summed E-state index contributed by atoms with van der Waals surface area (Å²) in [5, 5.41) is 7.93. The van der Waals surface area contributed by atoms with Gasteiger partial charge in [0.05, 0.1) is 31.3 Å². The zero-order chi connectivity index (χ0) is 38.3. The van der Waals surface area contributed by atoms with Crippen molar-refractivity contribution in [3.05, 3.63) is 76.9 Å². The number of anilines is 2. The van der Waals surface area contributed by atoms with Crippen LogP contribution in [0.5, 0.6) is 0 Å². The third-order valence-electron chi connectivity index (χ3n) is 6.30. The van der Waals surface area contributed by atoms with Gasteiger partial charge in [-0.15, -0.1) is 0 Å². The van der Waals surface area contributed by atoms with Crippen LogP contribution in [0.4, 0.5) is 11.6 Å². The molecule has 18 heteroatoms. The minimum Gasteiger partial charge on any atom is -0.481 e. The van der Waals surface area contributed by atoms with Crippen LogP contribution in [-0.4, -0.2) is 80.3 Å². The van der Waals surface area contributed by atoms with E-state index in [1.807, 2.05) is 73.3 Å². The van der Waals surface area contributed by atoms with Crippen LogP contribution in [0, 0.1) is 41.5 Å². The number of methoxy groups -OCH3 is 2. The summed E-state index contributed by atoms with van der Waals surface area (Å²) in [5.74, 6) is 2.57. The van der Waals surface area contributed by atoms with Gasteiger partial charge in [-0.25, -0.2) is 29.9 Å². The summed E-state index contributed by atoms with van der Waals surface area (Å²) >= 11 is 5.90. The lowest BCUT2D eigenvalue weighted by Gasteiger charge is -1.97. The van der Waals surface area contributed by atoms with Gasteiger partial charge in [0.25, 0.3) is 5.97 Å². The van der Waals surface area contributed by atoms with E-state index in [4.69, 9.17) is 33.0 Å². The fourth-order valence-electron chi connectivity index (χ4n) is 4.18. The highest BCUT2D eigenvalue weighted by molar-refractivity contribution is 6.32. The first-order chi connectivity index (χ1) is 23.4. The molecule has 51 heavy (non-hydrogen) atoms. The van der Waals surface area contributed by atoms with Gasteiger partial charge in [0.1, 0.15) is 45.7 Å². The van der Waals surface area contributed by atoms with Crippen molar-refractivity contribution in [3.63, 3.8) is 0 Å². The van der Waals surface area contributed by atoms with Crippen molar-refractivity contribution in [2.45, 2.75) is 69.7 Å². The molecule has 0 spiro atoms. The Hall–Kier alpha value is -5.84. The molecule has 17 nitrogen and oxygen atoms in total. The fraction of sp³-hybridized carbons (Fsp3) is 0.364. The van der Waals surface area contributed by atoms with E-state index in [2.05, 4.69) is 39.4 Å². The second-order valence-electron chi connectivity index (χ2n) is 10.1. The normalized spacial score (nSPS) is 9.49. The molecule has 0 saturated heterocycles. The van der Waals surface area contributed by atoms with Crippen molar-refractivity contribution >= 4 is 57.7 Å². The van der Waals surface area contributed by atoms with E-state index in [0.717, 1.165) is 58.0 Å². The highest BCUT2D eigenvalue weighted by atomic mass is 35.5. The molecule has 0 amide bonds. The number of nitrogens with two attached hydrogens (primary N) is 2. The Bertz CT molecular complexity index is 1840. The van der Waals surface area contributed by atoms with E-state index in [1.165, 1.54) is 28.1 Å². The number of hydrogen-bond acceptors (Lipinski definition) is 13. The first-order valence-corrected chi connectivity index (χ1v) is 15.1. The van der Waals surface area contributed by atoms with Crippen LogP contribution in [0.25, 0.3) is 16.6 Å². The van der Waals surface area contributed by atoms with Gasteiger partial charge in [0.2, 0.25) is 0 Å². The van der Waals surface area contributed by atoms with E-state index < -0.39 is 5.97 Å². The van der Waals surface area contributed by atoms with Crippen LogP contribution in [0.1, 0.15) is 62.8 Å². The molecule has 0 bridgehead atoms. The van der Waals surface area contributed by atoms with Gasteiger partial charge >= 0.3 is 11.9 Å². The summed E-state index contributed by atoms with van der Waals surface area (Å²) in [5.41, 5.74) is 16.9.